The molecule has 5 heteroatoms. The highest BCUT2D eigenvalue weighted by Crippen LogP contribution is 2.37. The standard InChI is InChI=1S/C15H20N4S/c1-19-11-2-3-12(19)7-10(6-11)8-16-15-14-13(4-5-20-14)17-9-18-15/h4-5,9-12H,2-3,6-8H2,1H3,(H,16,17,18). The number of aromatic nitrogens is 2. The average molecular weight is 288 g/mol. The van der Waals surface area contributed by atoms with Gasteiger partial charge in [-0.3, -0.25) is 0 Å². The van der Waals surface area contributed by atoms with Crippen molar-refractivity contribution in [3.63, 3.8) is 0 Å². The lowest BCUT2D eigenvalue weighted by atomic mass is 9.91. The Hall–Kier alpha value is -1.20. The lowest BCUT2D eigenvalue weighted by Crippen LogP contribution is -2.41. The Kier molecular flexibility index (Phi) is 3.11. The Morgan fingerprint density at radius 3 is 2.90 bits per heavy atom. The first-order chi connectivity index (χ1) is 9.81. The Labute approximate surface area is 123 Å². The monoisotopic (exact) mass is 288 g/mol. The van der Waals surface area contributed by atoms with Crippen LogP contribution < -0.4 is 5.32 Å². The zero-order valence-corrected chi connectivity index (χ0v) is 12.6. The third-order valence-electron chi connectivity index (χ3n) is 5.00. The molecule has 1 N–H and O–H groups in total. The normalized spacial score (nSPS) is 29.9. The molecule has 2 bridgehead atoms. The summed E-state index contributed by atoms with van der Waals surface area (Å²) in [6.45, 7) is 1.05. The molecule has 0 radical (unpaired) electrons. The first kappa shape index (κ1) is 12.5. The van der Waals surface area contributed by atoms with Gasteiger partial charge < -0.3 is 10.2 Å². The van der Waals surface area contributed by atoms with E-state index in [1.807, 2.05) is 0 Å². The van der Waals surface area contributed by atoms with Crippen LogP contribution in [0.1, 0.15) is 25.7 Å². The molecule has 4 rings (SSSR count). The predicted octanol–water partition coefficient (Wildman–Crippen LogP) is 2.98. The summed E-state index contributed by atoms with van der Waals surface area (Å²) in [5, 5.41) is 5.65. The summed E-state index contributed by atoms with van der Waals surface area (Å²) in [6.07, 6.45) is 7.10. The van der Waals surface area contributed by atoms with Gasteiger partial charge in [-0.15, -0.1) is 11.3 Å². The maximum atomic E-state index is 4.41. The Morgan fingerprint density at radius 1 is 1.30 bits per heavy atom. The molecule has 20 heavy (non-hydrogen) atoms. The zero-order valence-electron chi connectivity index (χ0n) is 11.7. The number of nitrogens with one attached hydrogen (secondary N) is 1. The van der Waals surface area contributed by atoms with Gasteiger partial charge in [-0.25, -0.2) is 9.97 Å². The molecule has 2 fully saturated rings. The fourth-order valence-electron chi connectivity index (χ4n) is 3.85. The van der Waals surface area contributed by atoms with Gasteiger partial charge >= 0.3 is 0 Å². The van der Waals surface area contributed by atoms with Crippen LogP contribution >= 0.6 is 11.3 Å². The summed E-state index contributed by atoms with van der Waals surface area (Å²) in [6, 6.07) is 3.68. The maximum Gasteiger partial charge on any atom is 0.147 e. The highest BCUT2D eigenvalue weighted by Gasteiger charge is 2.38. The molecule has 4 nitrogen and oxygen atoms in total. The van der Waals surface area contributed by atoms with Crippen LogP contribution in [0.15, 0.2) is 17.8 Å². The predicted molar refractivity (Wildman–Crippen MR) is 83.2 cm³/mol. The molecule has 2 aliphatic heterocycles. The van der Waals surface area contributed by atoms with E-state index in [1.54, 1.807) is 17.7 Å². The van der Waals surface area contributed by atoms with E-state index in [1.165, 1.54) is 30.4 Å². The number of hydrogen-bond donors (Lipinski definition) is 1. The van der Waals surface area contributed by atoms with Gasteiger partial charge in [0.15, 0.2) is 0 Å². The van der Waals surface area contributed by atoms with Gasteiger partial charge in [0.1, 0.15) is 12.1 Å². The topological polar surface area (TPSA) is 41.0 Å². The molecule has 2 atom stereocenters. The molecule has 0 saturated carbocycles. The quantitative estimate of drug-likeness (QED) is 0.942. The van der Waals surface area contributed by atoms with Crippen molar-refractivity contribution in [2.45, 2.75) is 37.8 Å². The second kappa shape index (κ2) is 4.97. The highest BCUT2D eigenvalue weighted by molar-refractivity contribution is 7.17. The molecular weight excluding hydrogens is 268 g/mol. The molecule has 2 unspecified atom stereocenters. The van der Waals surface area contributed by atoms with Gasteiger partial charge in [0.2, 0.25) is 0 Å². The molecule has 2 aromatic heterocycles. The van der Waals surface area contributed by atoms with Crippen molar-refractivity contribution < 1.29 is 0 Å². The van der Waals surface area contributed by atoms with Crippen LogP contribution in [0.4, 0.5) is 5.82 Å². The molecular formula is C15H20N4S. The summed E-state index contributed by atoms with van der Waals surface area (Å²) in [5.41, 5.74) is 1.05. The number of thiophene rings is 1. The van der Waals surface area contributed by atoms with Crippen molar-refractivity contribution in [2.24, 2.45) is 5.92 Å². The van der Waals surface area contributed by atoms with E-state index in [9.17, 15) is 0 Å². The molecule has 2 aliphatic rings. The molecule has 2 saturated heterocycles. The van der Waals surface area contributed by atoms with Crippen molar-refractivity contribution in [3.05, 3.63) is 17.8 Å². The van der Waals surface area contributed by atoms with Crippen molar-refractivity contribution in [1.29, 1.82) is 0 Å². The van der Waals surface area contributed by atoms with Gasteiger partial charge in [-0.05, 0) is 50.1 Å². The Morgan fingerprint density at radius 2 is 2.10 bits per heavy atom. The molecule has 0 amide bonds. The van der Waals surface area contributed by atoms with Gasteiger partial charge in [-0.1, -0.05) is 0 Å². The van der Waals surface area contributed by atoms with Crippen LogP contribution in [0.2, 0.25) is 0 Å². The van der Waals surface area contributed by atoms with E-state index in [0.29, 0.717) is 0 Å². The summed E-state index contributed by atoms with van der Waals surface area (Å²) >= 11 is 1.72. The second-order valence-electron chi connectivity index (χ2n) is 6.13. The smallest absolute Gasteiger partial charge is 0.147 e. The van der Waals surface area contributed by atoms with Gasteiger partial charge in [0, 0.05) is 18.6 Å². The maximum absolute atomic E-state index is 4.41. The van der Waals surface area contributed by atoms with Crippen LogP contribution in [0.25, 0.3) is 10.2 Å². The fourth-order valence-corrected chi connectivity index (χ4v) is 4.66. The SMILES string of the molecule is CN1C2CCC1CC(CNc1ncnc3ccsc13)C2. The average Bonchev–Trinajstić information content (AvgIpc) is 2.99. The lowest BCUT2D eigenvalue weighted by Gasteiger charge is -2.36. The van der Waals surface area contributed by atoms with Crippen molar-refractivity contribution >= 4 is 27.4 Å². The van der Waals surface area contributed by atoms with E-state index in [-0.39, 0.29) is 0 Å². The van der Waals surface area contributed by atoms with Crippen molar-refractivity contribution in [2.75, 3.05) is 18.9 Å². The van der Waals surface area contributed by atoms with E-state index >= 15 is 0 Å². The molecule has 4 heterocycles. The molecule has 106 valence electrons. The molecule has 0 spiro atoms. The Bertz CT molecular complexity index is 597. The summed E-state index contributed by atoms with van der Waals surface area (Å²) in [5.74, 6) is 1.80. The Balaban J connectivity index is 1.45. The van der Waals surface area contributed by atoms with E-state index in [2.05, 4.69) is 38.7 Å². The summed E-state index contributed by atoms with van der Waals surface area (Å²) in [4.78, 5) is 11.3. The number of nitrogens with zero attached hydrogens (tertiary/aromatic N) is 3. The third kappa shape index (κ3) is 2.09. The van der Waals surface area contributed by atoms with E-state index < -0.39 is 0 Å². The zero-order chi connectivity index (χ0) is 13.5. The van der Waals surface area contributed by atoms with Crippen LogP contribution in [0, 0.1) is 5.92 Å². The van der Waals surface area contributed by atoms with Gasteiger partial charge in [0.25, 0.3) is 0 Å². The minimum Gasteiger partial charge on any atom is -0.369 e. The third-order valence-corrected chi connectivity index (χ3v) is 5.91. The first-order valence-electron chi connectivity index (χ1n) is 7.45. The van der Waals surface area contributed by atoms with Crippen LogP contribution in [0.5, 0.6) is 0 Å². The van der Waals surface area contributed by atoms with Crippen molar-refractivity contribution in [3.8, 4) is 0 Å². The first-order valence-corrected chi connectivity index (χ1v) is 8.33. The number of anilines is 1. The number of piperidine rings is 1. The molecule has 0 aromatic carbocycles. The van der Waals surface area contributed by atoms with E-state index in [4.69, 9.17) is 0 Å². The largest absolute Gasteiger partial charge is 0.369 e. The van der Waals surface area contributed by atoms with Gasteiger partial charge in [-0.2, -0.15) is 0 Å². The minimum atomic E-state index is 0.786. The van der Waals surface area contributed by atoms with Gasteiger partial charge in [0.05, 0.1) is 10.2 Å². The number of fused-ring (bicyclic) bond motifs is 3. The van der Waals surface area contributed by atoms with Crippen LogP contribution in [0.3, 0.4) is 0 Å². The molecule has 2 aromatic rings. The number of hydrogen-bond acceptors (Lipinski definition) is 5. The second-order valence-corrected chi connectivity index (χ2v) is 7.04. The minimum absolute atomic E-state index is 0.786. The summed E-state index contributed by atoms with van der Waals surface area (Å²) < 4.78 is 1.18. The van der Waals surface area contributed by atoms with Crippen molar-refractivity contribution in [1.82, 2.24) is 14.9 Å². The number of rotatable bonds is 3. The van der Waals surface area contributed by atoms with E-state index in [0.717, 1.165) is 35.9 Å². The lowest BCUT2D eigenvalue weighted by molar-refractivity contribution is 0.139. The molecule has 0 aliphatic carbocycles. The highest BCUT2D eigenvalue weighted by atomic mass is 32.1. The van der Waals surface area contributed by atoms with Crippen LogP contribution in [-0.4, -0.2) is 40.5 Å². The summed E-state index contributed by atoms with van der Waals surface area (Å²) in [7, 11) is 2.30. The van der Waals surface area contributed by atoms with Crippen LogP contribution in [-0.2, 0) is 0 Å². The fraction of sp³-hybridized carbons (Fsp3) is 0.600.